The Morgan fingerprint density at radius 3 is 2.62 bits per heavy atom. The maximum atomic E-state index is 12.7. The van der Waals surface area contributed by atoms with Crippen molar-refractivity contribution >= 4 is 5.90 Å². The summed E-state index contributed by atoms with van der Waals surface area (Å²) in [6.45, 7) is 8.50. The van der Waals surface area contributed by atoms with Crippen LogP contribution in [0.25, 0.3) is 0 Å². The van der Waals surface area contributed by atoms with Crippen molar-refractivity contribution in [1.82, 2.24) is 5.43 Å². The Labute approximate surface area is 95.4 Å². The van der Waals surface area contributed by atoms with Crippen LogP contribution in [0.4, 0.5) is 4.39 Å². The topological polar surface area (TPSA) is 59.6 Å². The minimum Gasteiger partial charge on any atom is -0.467 e. The zero-order valence-corrected chi connectivity index (χ0v) is 9.83. The lowest BCUT2D eigenvalue weighted by molar-refractivity contribution is 0.217. The van der Waals surface area contributed by atoms with Gasteiger partial charge < -0.3 is 10.2 Å². The molecular formula is C11H18FN3O. The molecule has 0 radical (unpaired) electrons. The largest absolute Gasteiger partial charge is 0.467 e. The van der Waals surface area contributed by atoms with Crippen molar-refractivity contribution in [1.29, 1.82) is 0 Å². The Balaban J connectivity index is 4.68. The van der Waals surface area contributed by atoms with Crippen molar-refractivity contribution in [3.8, 4) is 0 Å². The van der Waals surface area contributed by atoms with E-state index in [9.17, 15) is 4.39 Å². The molecule has 0 saturated carbocycles. The molecule has 4 nitrogen and oxygen atoms in total. The van der Waals surface area contributed by atoms with E-state index in [4.69, 9.17) is 10.6 Å². The second-order valence-electron chi connectivity index (χ2n) is 3.38. The fraction of sp³-hybridized carbons (Fsp3) is 0.364. The molecule has 0 amide bonds. The number of rotatable bonds is 5. The summed E-state index contributed by atoms with van der Waals surface area (Å²) in [5, 5.41) is 0. The van der Waals surface area contributed by atoms with Crippen LogP contribution >= 0.6 is 0 Å². The van der Waals surface area contributed by atoms with E-state index in [0.29, 0.717) is 5.90 Å². The third-order valence-corrected chi connectivity index (χ3v) is 1.52. The molecule has 0 saturated heterocycles. The van der Waals surface area contributed by atoms with E-state index in [1.807, 2.05) is 13.8 Å². The summed E-state index contributed by atoms with van der Waals surface area (Å²) < 4.78 is 18.0. The third kappa shape index (κ3) is 6.78. The number of hydrazine groups is 1. The number of nitrogens with two attached hydrogens (primary N) is 1. The molecular weight excluding hydrogens is 209 g/mol. The van der Waals surface area contributed by atoms with Gasteiger partial charge in [-0.05, 0) is 26.8 Å². The lowest BCUT2D eigenvalue weighted by Crippen LogP contribution is -2.14. The fourth-order valence-corrected chi connectivity index (χ4v) is 0.747. The first-order valence-corrected chi connectivity index (χ1v) is 4.82. The maximum absolute atomic E-state index is 12.7. The highest BCUT2D eigenvalue weighted by atomic mass is 19.1. The lowest BCUT2D eigenvalue weighted by Gasteiger charge is -2.11. The van der Waals surface area contributed by atoms with Crippen molar-refractivity contribution in [3.63, 3.8) is 0 Å². The van der Waals surface area contributed by atoms with Crippen LogP contribution in [0.5, 0.6) is 0 Å². The Morgan fingerprint density at radius 1 is 1.56 bits per heavy atom. The van der Waals surface area contributed by atoms with Gasteiger partial charge >= 0.3 is 0 Å². The van der Waals surface area contributed by atoms with Gasteiger partial charge in [-0.15, -0.1) is 0 Å². The van der Waals surface area contributed by atoms with Crippen LogP contribution in [0.2, 0.25) is 0 Å². The van der Waals surface area contributed by atoms with Gasteiger partial charge in [-0.3, -0.25) is 5.84 Å². The number of nitrogens with one attached hydrogen (secondary N) is 1. The van der Waals surface area contributed by atoms with Crippen LogP contribution in [0.3, 0.4) is 0 Å². The van der Waals surface area contributed by atoms with E-state index < -0.39 is 11.9 Å². The van der Waals surface area contributed by atoms with Crippen LogP contribution in [-0.4, -0.2) is 12.0 Å². The number of hydrogen-bond donors (Lipinski definition) is 2. The van der Waals surface area contributed by atoms with Crippen LogP contribution in [0.1, 0.15) is 20.8 Å². The average molecular weight is 227 g/mol. The zero-order chi connectivity index (χ0) is 12.6. The molecule has 5 heteroatoms. The molecule has 0 heterocycles. The molecule has 0 fully saturated rings. The molecule has 0 aromatic carbocycles. The SMILES string of the molecule is C=C(F)C(C)O/C(C=C(C)C)=N/C=C/NN. The predicted molar refractivity (Wildman–Crippen MR) is 64.1 cm³/mol. The molecule has 1 unspecified atom stereocenters. The van der Waals surface area contributed by atoms with Crippen molar-refractivity contribution in [3.05, 3.63) is 36.5 Å². The molecule has 0 spiro atoms. The fourth-order valence-electron chi connectivity index (χ4n) is 0.747. The molecule has 0 aliphatic carbocycles. The molecule has 0 aromatic heterocycles. The van der Waals surface area contributed by atoms with E-state index >= 15 is 0 Å². The van der Waals surface area contributed by atoms with Gasteiger partial charge in [0.25, 0.3) is 0 Å². The standard InChI is InChI=1S/C11H18FN3O/c1-8(2)7-11(14-5-6-15-13)16-10(4)9(3)12/h5-7,10,15H,3,13H2,1-2,4H3/b6-5+,14-11+. The summed E-state index contributed by atoms with van der Waals surface area (Å²) >= 11 is 0. The Bertz CT molecular complexity index is 317. The first-order valence-electron chi connectivity index (χ1n) is 4.82. The number of allylic oxidation sites excluding steroid dienone is 1. The van der Waals surface area contributed by atoms with Crippen molar-refractivity contribution < 1.29 is 9.13 Å². The molecule has 0 aliphatic heterocycles. The lowest BCUT2D eigenvalue weighted by atomic mass is 10.3. The molecule has 0 rings (SSSR count). The van der Waals surface area contributed by atoms with E-state index in [0.717, 1.165) is 5.57 Å². The second kappa shape index (κ2) is 7.64. The molecule has 0 aliphatic rings. The van der Waals surface area contributed by atoms with E-state index in [2.05, 4.69) is 17.0 Å². The number of halogens is 1. The summed E-state index contributed by atoms with van der Waals surface area (Å²) in [4.78, 5) is 3.96. The van der Waals surface area contributed by atoms with E-state index in [-0.39, 0.29) is 0 Å². The van der Waals surface area contributed by atoms with Gasteiger partial charge in [-0.25, -0.2) is 9.38 Å². The molecule has 1 atom stereocenters. The molecule has 3 N–H and O–H groups in total. The monoisotopic (exact) mass is 227 g/mol. The zero-order valence-electron chi connectivity index (χ0n) is 9.83. The number of hydrogen-bond acceptors (Lipinski definition) is 4. The first-order chi connectivity index (χ1) is 7.47. The van der Waals surface area contributed by atoms with Crippen LogP contribution in [-0.2, 0) is 4.74 Å². The molecule has 16 heavy (non-hydrogen) atoms. The summed E-state index contributed by atoms with van der Waals surface area (Å²) in [6.07, 6.45) is 3.81. The highest BCUT2D eigenvalue weighted by molar-refractivity contribution is 5.88. The quantitative estimate of drug-likeness (QED) is 0.327. The van der Waals surface area contributed by atoms with Gasteiger partial charge in [-0.1, -0.05) is 12.2 Å². The molecule has 90 valence electrons. The number of nitrogens with zero attached hydrogens (tertiary/aromatic N) is 1. The van der Waals surface area contributed by atoms with Crippen LogP contribution < -0.4 is 11.3 Å². The van der Waals surface area contributed by atoms with Crippen molar-refractivity contribution in [2.75, 3.05) is 0 Å². The minimum atomic E-state index is -0.728. The Hall–Kier alpha value is -1.62. The summed E-state index contributed by atoms with van der Waals surface area (Å²) in [5.74, 6) is 4.79. The van der Waals surface area contributed by atoms with Gasteiger partial charge in [0.2, 0.25) is 5.90 Å². The van der Waals surface area contributed by atoms with Gasteiger partial charge in [-0.2, -0.15) is 0 Å². The highest BCUT2D eigenvalue weighted by Gasteiger charge is 2.08. The molecule has 0 aromatic rings. The predicted octanol–water partition coefficient (Wildman–Crippen LogP) is 2.17. The third-order valence-electron chi connectivity index (χ3n) is 1.52. The number of aliphatic imine (C=N–C) groups is 1. The number of ether oxygens (including phenoxy) is 1. The van der Waals surface area contributed by atoms with Crippen LogP contribution in [0.15, 0.2) is 41.4 Å². The normalized spacial score (nSPS) is 13.4. The summed E-state index contributed by atoms with van der Waals surface area (Å²) in [7, 11) is 0. The van der Waals surface area contributed by atoms with Gasteiger partial charge in [0.1, 0.15) is 11.9 Å². The average Bonchev–Trinajstić information content (AvgIpc) is 2.16. The molecule has 0 bridgehead atoms. The van der Waals surface area contributed by atoms with Crippen LogP contribution in [0, 0.1) is 0 Å². The van der Waals surface area contributed by atoms with E-state index in [1.54, 1.807) is 13.0 Å². The summed E-state index contributed by atoms with van der Waals surface area (Å²) in [5.41, 5.74) is 3.29. The van der Waals surface area contributed by atoms with Crippen molar-refractivity contribution in [2.45, 2.75) is 26.9 Å². The second-order valence-corrected chi connectivity index (χ2v) is 3.38. The van der Waals surface area contributed by atoms with E-state index in [1.165, 1.54) is 12.4 Å². The Kier molecular flexibility index (Phi) is 6.87. The van der Waals surface area contributed by atoms with Crippen molar-refractivity contribution in [2.24, 2.45) is 10.8 Å². The minimum absolute atomic E-state index is 0.304. The maximum Gasteiger partial charge on any atom is 0.213 e. The van der Waals surface area contributed by atoms with Gasteiger partial charge in [0, 0.05) is 12.4 Å². The highest BCUT2D eigenvalue weighted by Crippen LogP contribution is 2.07. The van der Waals surface area contributed by atoms with Gasteiger partial charge in [0.05, 0.1) is 0 Å². The Morgan fingerprint density at radius 2 is 2.19 bits per heavy atom. The summed E-state index contributed by atoms with van der Waals surface area (Å²) in [6, 6.07) is 0. The van der Waals surface area contributed by atoms with Gasteiger partial charge in [0.15, 0.2) is 0 Å². The smallest absolute Gasteiger partial charge is 0.213 e. The first kappa shape index (κ1) is 14.4.